The first-order valence-corrected chi connectivity index (χ1v) is 10.8. The summed E-state index contributed by atoms with van der Waals surface area (Å²) in [6.07, 6.45) is 5.22. The number of rotatable bonds is 4. The number of halogens is 3. The second-order valence-electron chi connectivity index (χ2n) is 7.60. The Kier molecular flexibility index (Phi) is 6.41. The van der Waals surface area contributed by atoms with Crippen LogP contribution in [-0.4, -0.2) is 19.5 Å². The third kappa shape index (κ3) is 3.87. The number of imidazole rings is 1. The standard InChI is InChI=1S/C25H19Cl2N5.ClH/c1-32-15-29-14-21(32)25(28,20-9-5-6-12-30-20)17-10-11-19-18(13-17)23(26)22(24(27)31-19)16-7-3-2-4-8-16;/h2-15H,28H2,1H3;1H. The van der Waals surface area contributed by atoms with Gasteiger partial charge in [-0.3, -0.25) is 4.98 Å². The van der Waals surface area contributed by atoms with Crippen molar-refractivity contribution >= 4 is 46.5 Å². The molecule has 3 aromatic heterocycles. The number of aryl methyl sites for hydroxylation is 1. The molecule has 0 aliphatic rings. The molecule has 0 amide bonds. The molecule has 0 fully saturated rings. The zero-order chi connectivity index (χ0) is 22.3. The number of nitrogens with two attached hydrogens (primary N) is 1. The highest BCUT2D eigenvalue weighted by Crippen LogP contribution is 2.41. The summed E-state index contributed by atoms with van der Waals surface area (Å²) in [7, 11) is 1.91. The first-order valence-electron chi connectivity index (χ1n) is 10.0. The second kappa shape index (κ2) is 9.12. The van der Waals surface area contributed by atoms with E-state index in [0.717, 1.165) is 22.2 Å². The van der Waals surface area contributed by atoms with Crippen molar-refractivity contribution in [3.05, 3.63) is 113 Å². The highest BCUT2D eigenvalue weighted by atomic mass is 35.5. The zero-order valence-corrected chi connectivity index (χ0v) is 19.9. The number of nitrogens with zero attached hydrogens (tertiary/aromatic N) is 4. The summed E-state index contributed by atoms with van der Waals surface area (Å²) in [5.41, 5.74) is 10.7. The van der Waals surface area contributed by atoms with Crippen LogP contribution in [0.1, 0.15) is 17.0 Å². The molecule has 0 radical (unpaired) electrons. The van der Waals surface area contributed by atoms with Crippen molar-refractivity contribution in [3.63, 3.8) is 0 Å². The molecule has 166 valence electrons. The van der Waals surface area contributed by atoms with Gasteiger partial charge in [-0.25, -0.2) is 9.97 Å². The third-order valence-electron chi connectivity index (χ3n) is 5.68. The summed E-state index contributed by atoms with van der Waals surface area (Å²) < 4.78 is 1.90. The van der Waals surface area contributed by atoms with Crippen LogP contribution in [0.2, 0.25) is 10.2 Å². The molecule has 5 nitrogen and oxygen atoms in total. The number of hydrogen-bond acceptors (Lipinski definition) is 4. The van der Waals surface area contributed by atoms with Gasteiger partial charge in [0.15, 0.2) is 0 Å². The highest BCUT2D eigenvalue weighted by Gasteiger charge is 2.36. The predicted octanol–water partition coefficient (Wildman–Crippen LogP) is 6.01. The lowest BCUT2D eigenvalue weighted by Crippen LogP contribution is -2.41. The van der Waals surface area contributed by atoms with Crippen LogP contribution in [0.4, 0.5) is 0 Å². The molecule has 2 aromatic carbocycles. The fourth-order valence-corrected chi connectivity index (χ4v) is 4.75. The first-order chi connectivity index (χ1) is 15.5. The van der Waals surface area contributed by atoms with Gasteiger partial charge in [0.05, 0.1) is 34.5 Å². The molecule has 0 aliphatic carbocycles. The minimum Gasteiger partial charge on any atom is -0.335 e. The van der Waals surface area contributed by atoms with Crippen LogP contribution in [0, 0.1) is 0 Å². The van der Waals surface area contributed by atoms with E-state index in [1.807, 2.05) is 78.3 Å². The summed E-state index contributed by atoms with van der Waals surface area (Å²) in [5.74, 6) is 0. The Morgan fingerprint density at radius 3 is 2.39 bits per heavy atom. The molecule has 33 heavy (non-hydrogen) atoms. The van der Waals surface area contributed by atoms with Crippen molar-refractivity contribution in [2.75, 3.05) is 0 Å². The first kappa shape index (κ1) is 23.2. The molecule has 1 unspecified atom stereocenters. The van der Waals surface area contributed by atoms with Crippen molar-refractivity contribution in [2.24, 2.45) is 12.8 Å². The third-order valence-corrected chi connectivity index (χ3v) is 6.35. The normalized spacial score (nSPS) is 12.8. The van der Waals surface area contributed by atoms with E-state index in [1.165, 1.54) is 0 Å². The SMILES string of the molecule is Cl.Cn1cncc1C(N)(c1ccc2nc(Cl)c(-c3ccccc3)c(Cl)c2c1)c1ccccn1. The Hall–Kier alpha value is -2.96. The van der Waals surface area contributed by atoms with Crippen LogP contribution in [0.25, 0.3) is 22.0 Å². The quantitative estimate of drug-likeness (QED) is 0.309. The summed E-state index contributed by atoms with van der Waals surface area (Å²) in [6, 6.07) is 21.2. The number of pyridine rings is 2. The van der Waals surface area contributed by atoms with Gasteiger partial charge in [0.25, 0.3) is 0 Å². The van der Waals surface area contributed by atoms with Gasteiger partial charge in [0.2, 0.25) is 0 Å². The molecule has 5 aromatic rings. The van der Waals surface area contributed by atoms with Gasteiger partial charge in [-0.1, -0.05) is 65.7 Å². The van der Waals surface area contributed by atoms with Crippen LogP contribution in [-0.2, 0) is 12.6 Å². The van der Waals surface area contributed by atoms with E-state index in [2.05, 4.69) is 15.0 Å². The average molecular weight is 497 g/mol. The van der Waals surface area contributed by atoms with Crippen LogP contribution in [0.5, 0.6) is 0 Å². The molecule has 3 heterocycles. The monoisotopic (exact) mass is 495 g/mol. The van der Waals surface area contributed by atoms with Crippen molar-refractivity contribution in [1.29, 1.82) is 0 Å². The van der Waals surface area contributed by atoms with Crippen molar-refractivity contribution in [1.82, 2.24) is 19.5 Å². The molecule has 1 atom stereocenters. The lowest BCUT2D eigenvalue weighted by molar-refractivity contribution is 0.579. The number of hydrogen-bond donors (Lipinski definition) is 1. The van der Waals surface area contributed by atoms with E-state index in [0.29, 0.717) is 26.9 Å². The molecule has 5 rings (SSSR count). The smallest absolute Gasteiger partial charge is 0.139 e. The maximum Gasteiger partial charge on any atom is 0.139 e. The van der Waals surface area contributed by atoms with E-state index in [1.54, 1.807) is 18.7 Å². The predicted molar refractivity (Wildman–Crippen MR) is 136 cm³/mol. The second-order valence-corrected chi connectivity index (χ2v) is 8.34. The largest absolute Gasteiger partial charge is 0.335 e. The Morgan fingerprint density at radius 1 is 0.970 bits per heavy atom. The van der Waals surface area contributed by atoms with Gasteiger partial charge < -0.3 is 10.3 Å². The topological polar surface area (TPSA) is 69.6 Å². The number of aromatic nitrogens is 4. The lowest BCUT2D eigenvalue weighted by Gasteiger charge is -2.30. The van der Waals surface area contributed by atoms with Crippen molar-refractivity contribution < 1.29 is 0 Å². The molecule has 0 saturated carbocycles. The maximum atomic E-state index is 7.11. The molecule has 0 aliphatic heterocycles. The Labute approximate surface area is 207 Å². The van der Waals surface area contributed by atoms with Gasteiger partial charge in [-0.05, 0) is 35.4 Å². The van der Waals surface area contributed by atoms with Crippen LogP contribution in [0.3, 0.4) is 0 Å². The van der Waals surface area contributed by atoms with Crippen LogP contribution >= 0.6 is 35.6 Å². The summed E-state index contributed by atoms with van der Waals surface area (Å²) in [4.78, 5) is 13.4. The van der Waals surface area contributed by atoms with Crippen molar-refractivity contribution in [2.45, 2.75) is 5.54 Å². The fourth-order valence-electron chi connectivity index (χ4n) is 4.05. The van der Waals surface area contributed by atoms with E-state index in [9.17, 15) is 0 Å². The molecule has 2 N–H and O–H groups in total. The molecule has 0 bridgehead atoms. The fraction of sp³-hybridized carbons (Fsp3) is 0.0800. The summed E-state index contributed by atoms with van der Waals surface area (Å²) in [6.45, 7) is 0. The minimum atomic E-state index is -1.05. The van der Waals surface area contributed by atoms with Crippen LogP contribution in [0.15, 0.2) is 85.5 Å². The van der Waals surface area contributed by atoms with Gasteiger partial charge in [0, 0.05) is 24.2 Å². The maximum absolute atomic E-state index is 7.11. The highest BCUT2D eigenvalue weighted by molar-refractivity contribution is 6.42. The minimum absolute atomic E-state index is 0. The van der Waals surface area contributed by atoms with Crippen LogP contribution < -0.4 is 5.73 Å². The van der Waals surface area contributed by atoms with Gasteiger partial charge in [0.1, 0.15) is 10.7 Å². The number of benzene rings is 2. The zero-order valence-electron chi connectivity index (χ0n) is 17.6. The Balaban J connectivity index is 0.00000259. The number of fused-ring (bicyclic) bond motifs is 1. The van der Waals surface area contributed by atoms with Gasteiger partial charge in [-0.2, -0.15) is 0 Å². The molecular weight excluding hydrogens is 477 g/mol. The molecule has 0 spiro atoms. The Morgan fingerprint density at radius 2 is 1.73 bits per heavy atom. The van der Waals surface area contributed by atoms with E-state index in [4.69, 9.17) is 28.9 Å². The molecule has 0 saturated heterocycles. The summed E-state index contributed by atoms with van der Waals surface area (Å²) >= 11 is 13.4. The van der Waals surface area contributed by atoms with E-state index >= 15 is 0 Å². The Bertz CT molecular complexity index is 1420. The molecular formula is C25H20Cl3N5. The van der Waals surface area contributed by atoms with E-state index in [-0.39, 0.29) is 12.4 Å². The van der Waals surface area contributed by atoms with Gasteiger partial charge in [-0.15, -0.1) is 12.4 Å². The lowest BCUT2D eigenvalue weighted by atomic mass is 9.83. The summed E-state index contributed by atoms with van der Waals surface area (Å²) in [5, 5.41) is 1.65. The van der Waals surface area contributed by atoms with E-state index < -0.39 is 5.54 Å². The molecule has 8 heteroatoms. The average Bonchev–Trinajstić information content (AvgIpc) is 3.26. The van der Waals surface area contributed by atoms with Gasteiger partial charge >= 0.3 is 0 Å². The van der Waals surface area contributed by atoms with Crippen molar-refractivity contribution in [3.8, 4) is 11.1 Å².